The highest BCUT2D eigenvalue weighted by atomic mass is 32.2. The average Bonchev–Trinajstić information content (AvgIpc) is 3.08. The van der Waals surface area contributed by atoms with Gasteiger partial charge in [-0.15, -0.1) is 0 Å². The van der Waals surface area contributed by atoms with Crippen molar-refractivity contribution in [3.8, 4) is 0 Å². The quantitative estimate of drug-likeness (QED) is 0.496. The molecule has 0 aliphatic rings. The first-order valence-corrected chi connectivity index (χ1v) is 10.0. The number of hydrogen-bond acceptors (Lipinski definition) is 5. The molecule has 0 saturated heterocycles. The molecule has 7 nitrogen and oxygen atoms in total. The van der Waals surface area contributed by atoms with Crippen molar-refractivity contribution >= 4 is 35.0 Å². The minimum atomic E-state index is -0.185. The summed E-state index contributed by atoms with van der Waals surface area (Å²) in [6.07, 6.45) is 1.63. The highest BCUT2D eigenvalue weighted by molar-refractivity contribution is 7.99. The SMILES string of the molecule is CC(=O)Nc1cccc(NC(=O)CSc2ncc(CO)n2Cc2ccccc2)c1. The van der Waals surface area contributed by atoms with Crippen molar-refractivity contribution < 1.29 is 14.7 Å². The Labute approximate surface area is 173 Å². The van der Waals surface area contributed by atoms with Crippen molar-refractivity contribution in [1.82, 2.24) is 9.55 Å². The summed E-state index contributed by atoms with van der Waals surface area (Å²) in [7, 11) is 0. The van der Waals surface area contributed by atoms with Crippen LogP contribution in [0.15, 0.2) is 66.0 Å². The van der Waals surface area contributed by atoms with Crippen molar-refractivity contribution in [3.05, 3.63) is 72.1 Å². The van der Waals surface area contributed by atoms with Crippen LogP contribution in [-0.4, -0.2) is 32.2 Å². The maximum Gasteiger partial charge on any atom is 0.234 e. The number of nitrogens with one attached hydrogen (secondary N) is 2. The monoisotopic (exact) mass is 410 g/mol. The molecule has 2 aromatic carbocycles. The number of imidazole rings is 1. The molecule has 3 aromatic rings. The fourth-order valence-corrected chi connectivity index (χ4v) is 3.57. The Balaban J connectivity index is 1.63. The highest BCUT2D eigenvalue weighted by Gasteiger charge is 2.13. The summed E-state index contributed by atoms with van der Waals surface area (Å²) in [5.41, 5.74) is 3.00. The maximum absolute atomic E-state index is 12.4. The molecule has 0 aliphatic carbocycles. The van der Waals surface area contributed by atoms with E-state index in [0.717, 1.165) is 5.56 Å². The lowest BCUT2D eigenvalue weighted by atomic mass is 10.2. The number of thioether (sulfide) groups is 1. The Morgan fingerprint density at radius 1 is 1.07 bits per heavy atom. The van der Waals surface area contributed by atoms with Gasteiger partial charge < -0.3 is 20.3 Å². The lowest BCUT2D eigenvalue weighted by Gasteiger charge is -2.11. The number of nitrogens with zero attached hydrogens (tertiary/aromatic N) is 2. The van der Waals surface area contributed by atoms with Gasteiger partial charge in [-0.25, -0.2) is 4.98 Å². The van der Waals surface area contributed by atoms with Gasteiger partial charge in [0.15, 0.2) is 5.16 Å². The van der Waals surface area contributed by atoms with Gasteiger partial charge in [0.2, 0.25) is 11.8 Å². The van der Waals surface area contributed by atoms with E-state index in [2.05, 4.69) is 15.6 Å². The van der Waals surface area contributed by atoms with E-state index in [-0.39, 0.29) is 24.2 Å². The molecule has 0 radical (unpaired) electrons. The van der Waals surface area contributed by atoms with Crippen molar-refractivity contribution in [2.75, 3.05) is 16.4 Å². The number of amides is 2. The molecule has 0 fully saturated rings. The van der Waals surface area contributed by atoms with Gasteiger partial charge in [-0.1, -0.05) is 48.2 Å². The number of carbonyl (C=O) groups is 2. The second-order valence-electron chi connectivity index (χ2n) is 6.36. The van der Waals surface area contributed by atoms with Crippen LogP contribution in [0.3, 0.4) is 0 Å². The zero-order valence-corrected chi connectivity index (χ0v) is 16.8. The molecule has 0 aliphatic heterocycles. The van der Waals surface area contributed by atoms with Crippen LogP contribution < -0.4 is 10.6 Å². The number of aliphatic hydroxyl groups is 1. The Bertz CT molecular complexity index is 989. The molecule has 29 heavy (non-hydrogen) atoms. The molecule has 0 unspecified atom stereocenters. The molecular weight excluding hydrogens is 388 g/mol. The number of rotatable bonds is 8. The summed E-state index contributed by atoms with van der Waals surface area (Å²) in [5, 5.41) is 15.8. The second kappa shape index (κ2) is 9.90. The molecule has 0 saturated carbocycles. The summed E-state index contributed by atoms with van der Waals surface area (Å²) in [4.78, 5) is 27.9. The first-order chi connectivity index (χ1) is 14.0. The van der Waals surface area contributed by atoms with Crippen LogP contribution in [0.25, 0.3) is 0 Å². The number of aliphatic hydroxyl groups excluding tert-OH is 1. The maximum atomic E-state index is 12.4. The first kappa shape index (κ1) is 20.6. The third-order valence-corrected chi connectivity index (χ3v) is 5.04. The molecule has 2 amide bonds. The molecule has 0 bridgehead atoms. The fraction of sp³-hybridized carbons (Fsp3) is 0.190. The minimum absolute atomic E-state index is 0.122. The topological polar surface area (TPSA) is 96.2 Å². The third kappa shape index (κ3) is 5.94. The largest absolute Gasteiger partial charge is 0.390 e. The zero-order chi connectivity index (χ0) is 20.6. The predicted octanol–water partition coefficient (Wildman–Crippen LogP) is 3.11. The number of anilines is 2. The minimum Gasteiger partial charge on any atom is -0.390 e. The lowest BCUT2D eigenvalue weighted by Crippen LogP contribution is -2.15. The van der Waals surface area contributed by atoms with Crippen LogP contribution in [-0.2, 0) is 22.7 Å². The Morgan fingerprint density at radius 3 is 2.48 bits per heavy atom. The molecule has 0 spiro atoms. The van der Waals surface area contributed by atoms with Crippen molar-refractivity contribution in [2.45, 2.75) is 25.2 Å². The van der Waals surface area contributed by atoms with Gasteiger partial charge in [0.25, 0.3) is 0 Å². The standard InChI is InChI=1S/C21H22N4O3S/c1-15(27)23-17-8-5-9-18(10-17)24-20(28)14-29-21-22-11-19(13-26)25(21)12-16-6-3-2-4-7-16/h2-11,26H,12-14H2,1H3,(H,23,27)(H,24,28). The number of benzene rings is 2. The average molecular weight is 410 g/mol. The van der Waals surface area contributed by atoms with Crippen molar-refractivity contribution in [3.63, 3.8) is 0 Å². The van der Waals surface area contributed by atoms with Crippen LogP contribution in [0.5, 0.6) is 0 Å². The van der Waals surface area contributed by atoms with Crippen LogP contribution >= 0.6 is 11.8 Å². The summed E-state index contributed by atoms with van der Waals surface area (Å²) in [5.74, 6) is -0.190. The van der Waals surface area contributed by atoms with E-state index in [1.807, 2.05) is 34.9 Å². The van der Waals surface area contributed by atoms with Gasteiger partial charge in [-0.2, -0.15) is 0 Å². The zero-order valence-electron chi connectivity index (χ0n) is 16.0. The number of aromatic nitrogens is 2. The summed E-state index contributed by atoms with van der Waals surface area (Å²) >= 11 is 1.30. The van der Waals surface area contributed by atoms with Crippen LogP contribution in [0, 0.1) is 0 Å². The van der Waals surface area contributed by atoms with E-state index in [9.17, 15) is 14.7 Å². The fourth-order valence-electron chi connectivity index (χ4n) is 2.77. The smallest absolute Gasteiger partial charge is 0.234 e. The van der Waals surface area contributed by atoms with Crippen molar-refractivity contribution in [1.29, 1.82) is 0 Å². The second-order valence-corrected chi connectivity index (χ2v) is 7.30. The van der Waals surface area contributed by atoms with Gasteiger partial charge in [-0.3, -0.25) is 9.59 Å². The third-order valence-electron chi connectivity index (χ3n) is 4.05. The number of carbonyl (C=O) groups excluding carboxylic acids is 2. The molecule has 0 atom stereocenters. The van der Waals surface area contributed by atoms with Gasteiger partial charge in [0, 0.05) is 24.8 Å². The molecule has 1 heterocycles. The van der Waals surface area contributed by atoms with E-state index in [4.69, 9.17) is 0 Å². The van der Waals surface area contributed by atoms with E-state index in [1.165, 1.54) is 18.7 Å². The summed E-state index contributed by atoms with van der Waals surface area (Å²) in [6.45, 7) is 1.88. The molecule has 150 valence electrons. The van der Waals surface area contributed by atoms with Gasteiger partial charge >= 0.3 is 0 Å². The summed E-state index contributed by atoms with van der Waals surface area (Å²) < 4.78 is 1.91. The molecule has 8 heteroatoms. The van der Waals surface area contributed by atoms with E-state index < -0.39 is 0 Å². The van der Waals surface area contributed by atoms with Gasteiger partial charge in [0.05, 0.1) is 24.3 Å². The Kier molecular flexibility index (Phi) is 7.04. The number of hydrogen-bond donors (Lipinski definition) is 3. The van der Waals surface area contributed by atoms with E-state index in [0.29, 0.717) is 28.8 Å². The molecule has 3 rings (SSSR count). The van der Waals surface area contributed by atoms with Crippen LogP contribution in [0.1, 0.15) is 18.2 Å². The summed E-state index contributed by atoms with van der Waals surface area (Å²) in [6, 6.07) is 16.8. The van der Waals surface area contributed by atoms with Gasteiger partial charge in [0.1, 0.15) is 0 Å². The molecular formula is C21H22N4O3S. The van der Waals surface area contributed by atoms with Crippen LogP contribution in [0.2, 0.25) is 0 Å². The van der Waals surface area contributed by atoms with E-state index >= 15 is 0 Å². The van der Waals surface area contributed by atoms with Gasteiger partial charge in [-0.05, 0) is 23.8 Å². The van der Waals surface area contributed by atoms with E-state index in [1.54, 1.807) is 30.5 Å². The Hall–Kier alpha value is -3.10. The normalized spacial score (nSPS) is 10.6. The molecule has 3 N–H and O–H groups in total. The highest BCUT2D eigenvalue weighted by Crippen LogP contribution is 2.21. The first-order valence-electron chi connectivity index (χ1n) is 9.04. The lowest BCUT2D eigenvalue weighted by molar-refractivity contribution is -0.114. The molecule has 1 aromatic heterocycles. The predicted molar refractivity (Wildman–Crippen MR) is 114 cm³/mol. The van der Waals surface area contributed by atoms with Crippen molar-refractivity contribution in [2.24, 2.45) is 0 Å². The van der Waals surface area contributed by atoms with Crippen LogP contribution in [0.4, 0.5) is 11.4 Å². The Morgan fingerprint density at radius 2 is 1.79 bits per heavy atom.